The van der Waals surface area contributed by atoms with Crippen LogP contribution in [0.1, 0.15) is 5.56 Å². The molecule has 0 saturated heterocycles. The summed E-state index contributed by atoms with van der Waals surface area (Å²) < 4.78 is 18.6. The molecule has 1 aromatic heterocycles. The zero-order valence-corrected chi connectivity index (χ0v) is 13.4. The lowest BCUT2D eigenvalue weighted by molar-refractivity contribution is -0.121. The molecule has 2 heterocycles. The first-order valence-corrected chi connectivity index (χ1v) is 8.35. The molecule has 0 aliphatic carbocycles. The van der Waals surface area contributed by atoms with Gasteiger partial charge in [0, 0.05) is 10.9 Å². The van der Waals surface area contributed by atoms with E-state index in [-0.39, 0.29) is 18.3 Å². The summed E-state index contributed by atoms with van der Waals surface area (Å²) in [5, 5.41) is 1.96. The molecule has 4 nitrogen and oxygen atoms in total. The highest BCUT2D eigenvalue weighted by molar-refractivity contribution is 7.07. The summed E-state index contributed by atoms with van der Waals surface area (Å²) in [6.07, 6.45) is 0. The molecule has 6 heteroatoms. The van der Waals surface area contributed by atoms with Crippen LogP contribution in [-0.2, 0) is 11.3 Å². The Morgan fingerprint density at radius 1 is 1.21 bits per heavy atom. The van der Waals surface area contributed by atoms with Crippen LogP contribution in [-0.4, -0.2) is 17.5 Å². The summed E-state index contributed by atoms with van der Waals surface area (Å²) in [4.78, 5) is 18.3. The van der Waals surface area contributed by atoms with E-state index in [1.807, 2.05) is 23.6 Å². The number of carbonyl (C=O) groups excluding carboxylic acids is 1. The predicted octanol–water partition coefficient (Wildman–Crippen LogP) is 3.87. The molecule has 2 aromatic carbocycles. The number of hydrogen-bond donors (Lipinski definition) is 0. The number of fused-ring (bicyclic) bond motifs is 1. The van der Waals surface area contributed by atoms with Crippen molar-refractivity contribution in [2.24, 2.45) is 0 Å². The van der Waals surface area contributed by atoms with E-state index in [4.69, 9.17) is 4.74 Å². The van der Waals surface area contributed by atoms with Crippen molar-refractivity contribution in [1.29, 1.82) is 0 Å². The highest BCUT2D eigenvalue weighted by atomic mass is 32.1. The number of aromatic nitrogens is 1. The summed E-state index contributed by atoms with van der Waals surface area (Å²) in [5.74, 6) is 0.246. The number of hydrogen-bond acceptors (Lipinski definition) is 4. The van der Waals surface area contributed by atoms with Gasteiger partial charge in [-0.3, -0.25) is 4.79 Å². The fourth-order valence-electron chi connectivity index (χ4n) is 2.66. The second-order valence-corrected chi connectivity index (χ2v) is 6.17. The third-order valence-electron chi connectivity index (χ3n) is 3.88. The number of thiazole rings is 1. The van der Waals surface area contributed by atoms with Crippen LogP contribution in [0.3, 0.4) is 0 Å². The van der Waals surface area contributed by atoms with Gasteiger partial charge in [0.1, 0.15) is 11.6 Å². The van der Waals surface area contributed by atoms with Crippen LogP contribution in [0, 0.1) is 5.82 Å². The summed E-state index contributed by atoms with van der Waals surface area (Å²) >= 11 is 1.52. The molecule has 0 bridgehead atoms. The Morgan fingerprint density at radius 2 is 2.04 bits per heavy atom. The van der Waals surface area contributed by atoms with E-state index >= 15 is 0 Å². The zero-order chi connectivity index (χ0) is 16.5. The van der Waals surface area contributed by atoms with Crippen LogP contribution < -0.4 is 9.64 Å². The van der Waals surface area contributed by atoms with Crippen LogP contribution in [0.25, 0.3) is 11.3 Å². The summed E-state index contributed by atoms with van der Waals surface area (Å²) in [5.41, 5.74) is 5.13. The number of benzene rings is 2. The number of rotatable bonds is 3. The molecule has 4 rings (SSSR count). The van der Waals surface area contributed by atoms with Crippen molar-refractivity contribution in [2.45, 2.75) is 6.54 Å². The number of nitrogens with zero attached hydrogens (tertiary/aromatic N) is 2. The minimum Gasteiger partial charge on any atom is -0.482 e. The molecule has 0 N–H and O–H groups in total. The van der Waals surface area contributed by atoms with Crippen LogP contribution in [0.4, 0.5) is 10.1 Å². The quantitative estimate of drug-likeness (QED) is 0.727. The van der Waals surface area contributed by atoms with Crippen molar-refractivity contribution >= 4 is 22.9 Å². The Morgan fingerprint density at radius 3 is 2.79 bits per heavy atom. The van der Waals surface area contributed by atoms with Crippen LogP contribution >= 0.6 is 11.3 Å². The van der Waals surface area contributed by atoms with Gasteiger partial charge in [0.25, 0.3) is 5.91 Å². The Balaban J connectivity index is 1.71. The van der Waals surface area contributed by atoms with Crippen molar-refractivity contribution in [3.8, 4) is 17.0 Å². The maximum atomic E-state index is 13.1. The van der Waals surface area contributed by atoms with Gasteiger partial charge in [0.05, 0.1) is 23.4 Å². The van der Waals surface area contributed by atoms with E-state index < -0.39 is 0 Å². The third-order valence-corrected chi connectivity index (χ3v) is 4.47. The standard InChI is InChI=1S/C18H13FN2O2S/c19-14-4-1-12(2-5-14)8-21-16-7-13(15-10-24-11-20-15)3-6-17(16)23-9-18(21)22/h1-7,10-11H,8-9H2. The smallest absolute Gasteiger partial charge is 0.265 e. The van der Waals surface area contributed by atoms with Crippen molar-refractivity contribution in [2.75, 3.05) is 11.5 Å². The first-order valence-electron chi connectivity index (χ1n) is 7.41. The van der Waals surface area contributed by atoms with E-state index in [1.54, 1.807) is 22.5 Å². The van der Waals surface area contributed by atoms with Crippen LogP contribution in [0.15, 0.2) is 53.4 Å². The first-order chi connectivity index (χ1) is 11.7. The largest absolute Gasteiger partial charge is 0.482 e. The number of amides is 1. The van der Waals surface area contributed by atoms with Crippen molar-refractivity contribution in [1.82, 2.24) is 4.98 Å². The molecule has 1 amide bonds. The molecule has 1 aliphatic rings. The van der Waals surface area contributed by atoms with E-state index in [2.05, 4.69) is 4.98 Å². The van der Waals surface area contributed by atoms with E-state index in [0.29, 0.717) is 18.0 Å². The highest BCUT2D eigenvalue weighted by Gasteiger charge is 2.26. The molecule has 0 spiro atoms. The van der Waals surface area contributed by atoms with Crippen LogP contribution in [0.5, 0.6) is 5.75 Å². The molecule has 0 radical (unpaired) electrons. The normalized spacial score (nSPS) is 13.5. The summed E-state index contributed by atoms with van der Waals surface area (Å²) in [7, 11) is 0. The Bertz CT molecular complexity index is 879. The molecule has 24 heavy (non-hydrogen) atoms. The van der Waals surface area contributed by atoms with Gasteiger partial charge in [-0.1, -0.05) is 12.1 Å². The van der Waals surface area contributed by atoms with Crippen molar-refractivity contribution in [3.63, 3.8) is 0 Å². The SMILES string of the molecule is O=C1COc2ccc(-c3cscn3)cc2N1Cc1ccc(F)cc1. The zero-order valence-electron chi connectivity index (χ0n) is 12.6. The molecule has 0 unspecified atom stereocenters. The fraction of sp³-hybridized carbons (Fsp3) is 0.111. The van der Waals surface area contributed by atoms with Gasteiger partial charge >= 0.3 is 0 Å². The molecule has 0 fully saturated rings. The predicted molar refractivity (Wildman–Crippen MR) is 90.6 cm³/mol. The maximum absolute atomic E-state index is 13.1. The average Bonchev–Trinajstić information content (AvgIpc) is 3.13. The lowest BCUT2D eigenvalue weighted by Crippen LogP contribution is -2.38. The van der Waals surface area contributed by atoms with Gasteiger partial charge in [-0.05, 0) is 35.9 Å². The molecule has 0 saturated carbocycles. The maximum Gasteiger partial charge on any atom is 0.265 e. The topological polar surface area (TPSA) is 42.4 Å². The Kier molecular flexibility index (Phi) is 3.74. The van der Waals surface area contributed by atoms with Gasteiger partial charge in [0.2, 0.25) is 0 Å². The minimum absolute atomic E-state index is 0.00421. The lowest BCUT2D eigenvalue weighted by atomic mass is 10.1. The van der Waals surface area contributed by atoms with E-state index in [0.717, 1.165) is 16.8 Å². The van der Waals surface area contributed by atoms with Gasteiger partial charge in [-0.2, -0.15) is 0 Å². The minimum atomic E-state index is -0.293. The van der Waals surface area contributed by atoms with Gasteiger partial charge in [0.15, 0.2) is 6.61 Å². The van der Waals surface area contributed by atoms with Gasteiger partial charge < -0.3 is 9.64 Å². The van der Waals surface area contributed by atoms with Crippen molar-refractivity contribution < 1.29 is 13.9 Å². The lowest BCUT2D eigenvalue weighted by Gasteiger charge is -2.29. The van der Waals surface area contributed by atoms with Gasteiger partial charge in [-0.15, -0.1) is 11.3 Å². The molecular weight excluding hydrogens is 327 g/mol. The first kappa shape index (κ1) is 14.8. The van der Waals surface area contributed by atoms with Crippen molar-refractivity contribution in [3.05, 3.63) is 64.7 Å². The van der Waals surface area contributed by atoms with Gasteiger partial charge in [-0.25, -0.2) is 9.37 Å². The number of halogens is 1. The Labute approximate surface area is 142 Å². The number of ether oxygens (including phenoxy) is 1. The molecule has 1 aliphatic heterocycles. The third kappa shape index (κ3) is 2.76. The average molecular weight is 340 g/mol. The van der Waals surface area contributed by atoms with Crippen LogP contribution in [0.2, 0.25) is 0 Å². The second kappa shape index (κ2) is 6.05. The summed E-state index contributed by atoms with van der Waals surface area (Å²) in [6, 6.07) is 11.8. The number of anilines is 1. The summed E-state index contributed by atoms with van der Waals surface area (Å²) in [6.45, 7) is 0.375. The Hall–Kier alpha value is -2.73. The molecule has 120 valence electrons. The van der Waals surface area contributed by atoms with E-state index in [1.165, 1.54) is 23.5 Å². The monoisotopic (exact) mass is 340 g/mol. The number of carbonyl (C=O) groups is 1. The molecular formula is C18H13FN2O2S. The molecule has 3 aromatic rings. The molecule has 0 atom stereocenters. The van der Waals surface area contributed by atoms with E-state index in [9.17, 15) is 9.18 Å². The highest BCUT2D eigenvalue weighted by Crippen LogP contribution is 2.36. The fourth-order valence-corrected chi connectivity index (χ4v) is 3.22. The second-order valence-electron chi connectivity index (χ2n) is 5.45.